The van der Waals surface area contributed by atoms with Crippen molar-refractivity contribution in [2.75, 3.05) is 0 Å². The van der Waals surface area contributed by atoms with Gasteiger partial charge in [0, 0.05) is 18.4 Å². The maximum atomic E-state index is 11.6. The van der Waals surface area contributed by atoms with E-state index in [4.69, 9.17) is 14.2 Å². The van der Waals surface area contributed by atoms with Gasteiger partial charge in [-0.05, 0) is 64.4 Å². The second-order valence-corrected chi connectivity index (χ2v) is 14.2. The Balaban J connectivity index is 1.18. The summed E-state index contributed by atoms with van der Waals surface area (Å²) in [5.74, 6) is -0.153. The van der Waals surface area contributed by atoms with Gasteiger partial charge in [0.25, 0.3) is 0 Å². The van der Waals surface area contributed by atoms with Crippen LogP contribution in [0.15, 0.2) is 11.6 Å². The molecule has 4 N–H and O–H groups in total. The smallest absolute Gasteiger partial charge is 0.334 e. The molecule has 2 unspecified atom stereocenters. The molecule has 8 nitrogen and oxygen atoms in total. The molecule has 0 spiro atoms. The third-order valence-electron chi connectivity index (χ3n) is 10.1. The van der Waals surface area contributed by atoms with Gasteiger partial charge in [0.15, 0.2) is 0 Å². The van der Waals surface area contributed by atoms with E-state index in [-0.39, 0.29) is 36.5 Å². The highest BCUT2D eigenvalue weighted by Crippen LogP contribution is 2.35. The SMILES string of the molecule is CCCCCCCCCC(O)C[C@H](O)[C@H]1CC[C@H]([C@H]2CC[C@H]([C@H](O)CC(O)CCCCCCCCCC3=C[C@H](C)OC3=O)O2)O1. The van der Waals surface area contributed by atoms with E-state index in [9.17, 15) is 25.2 Å². The van der Waals surface area contributed by atoms with E-state index in [2.05, 4.69) is 6.92 Å². The Morgan fingerprint density at radius 3 is 1.56 bits per heavy atom. The molecule has 8 heteroatoms. The van der Waals surface area contributed by atoms with Gasteiger partial charge in [-0.25, -0.2) is 4.79 Å². The molecule has 45 heavy (non-hydrogen) atoms. The molecule has 3 aliphatic heterocycles. The highest BCUT2D eigenvalue weighted by atomic mass is 16.6. The molecule has 9 atom stereocenters. The van der Waals surface area contributed by atoms with Crippen LogP contribution in [-0.2, 0) is 19.0 Å². The first-order valence-electron chi connectivity index (χ1n) is 18.7. The monoisotopic (exact) mass is 638 g/mol. The Hall–Kier alpha value is -1.03. The first-order chi connectivity index (χ1) is 21.8. The molecule has 0 amide bonds. The molecule has 0 radical (unpaired) electrons. The van der Waals surface area contributed by atoms with Crippen LogP contribution in [0.2, 0.25) is 0 Å². The largest absolute Gasteiger partial charge is 0.455 e. The lowest BCUT2D eigenvalue weighted by Gasteiger charge is -2.25. The van der Waals surface area contributed by atoms with Crippen LogP contribution in [0.5, 0.6) is 0 Å². The minimum Gasteiger partial charge on any atom is -0.455 e. The Kier molecular flexibility index (Phi) is 18.6. The van der Waals surface area contributed by atoms with Crippen molar-refractivity contribution in [3.05, 3.63) is 11.6 Å². The van der Waals surface area contributed by atoms with Gasteiger partial charge in [-0.2, -0.15) is 0 Å². The van der Waals surface area contributed by atoms with E-state index < -0.39 is 24.4 Å². The summed E-state index contributed by atoms with van der Waals surface area (Å²) in [5, 5.41) is 42.4. The van der Waals surface area contributed by atoms with Crippen molar-refractivity contribution in [3.63, 3.8) is 0 Å². The molecule has 0 bridgehead atoms. The summed E-state index contributed by atoms with van der Waals surface area (Å²) in [6.07, 6.45) is 20.9. The van der Waals surface area contributed by atoms with Crippen molar-refractivity contribution in [2.45, 2.75) is 216 Å². The van der Waals surface area contributed by atoms with Crippen LogP contribution >= 0.6 is 0 Å². The number of rotatable bonds is 25. The van der Waals surface area contributed by atoms with E-state index in [1.807, 2.05) is 13.0 Å². The Morgan fingerprint density at radius 1 is 0.667 bits per heavy atom. The molecule has 2 fully saturated rings. The van der Waals surface area contributed by atoms with Gasteiger partial charge in [0.2, 0.25) is 0 Å². The Labute approximate surface area is 273 Å². The fourth-order valence-electron chi connectivity index (χ4n) is 7.32. The molecule has 2 saturated heterocycles. The van der Waals surface area contributed by atoms with Crippen molar-refractivity contribution in [1.29, 1.82) is 0 Å². The molecule has 262 valence electrons. The minimum absolute atomic E-state index is 0.0805. The van der Waals surface area contributed by atoms with E-state index in [1.165, 1.54) is 32.1 Å². The van der Waals surface area contributed by atoms with Gasteiger partial charge >= 0.3 is 5.97 Å². The van der Waals surface area contributed by atoms with Crippen molar-refractivity contribution in [1.82, 2.24) is 0 Å². The number of esters is 1. The van der Waals surface area contributed by atoms with Crippen LogP contribution in [0.4, 0.5) is 0 Å². The number of ether oxygens (including phenoxy) is 3. The summed E-state index contributed by atoms with van der Waals surface area (Å²) in [7, 11) is 0. The summed E-state index contributed by atoms with van der Waals surface area (Å²) < 4.78 is 17.5. The van der Waals surface area contributed by atoms with Gasteiger partial charge in [0.05, 0.1) is 48.8 Å². The maximum Gasteiger partial charge on any atom is 0.334 e. The van der Waals surface area contributed by atoms with E-state index in [1.54, 1.807) is 0 Å². The zero-order chi connectivity index (χ0) is 32.4. The van der Waals surface area contributed by atoms with Crippen molar-refractivity contribution in [3.8, 4) is 0 Å². The molecule has 0 aromatic carbocycles. The molecule has 0 aromatic rings. The summed E-state index contributed by atoms with van der Waals surface area (Å²) >= 11 is 0. The summed E-state index contributed by atoms with van der Waals surface area (Å²) in [4.78, 5) is 11.6. The number of aliphatic hydroxyl groups is 4. The van der Waals surface area contributed by atoms with Crippen LogP contribution < -0.4 is 0 Å². The zero-order valence-corrected chi connectivity index (χ0v) is 28.5. The number of carbonyl (C=O) groups is 1. The first-order valence-corrected chi connectivity index (χ1v) is 18.7. The number of cyclic esters (lactones) is 1. The van der Waals surface area contributed by atoms with Crippen LogP contribution in [0, 0.1) is 0 Å². The lowest BCUT2D eigenvalue weighted by atomic mass is 9.98. The van der Waals surface area contributed by atoms with Crippen molar-refractivity contribution >= 4 is 5.97 Å². The third-order valence-corrected chi connectivity index (χ3v) is 10.1. The number of hydrogen-bond acceptors (Lipinski definition) is 8. The van der Waals surface area contributed by atoms with Crippen LogP contribution in [0.1, 0.15) is 162 Å². The molecular weight excluding hydrogens is 572 g/mol. The maximum absolute atomic E-state index is 11.6. The highest BCUT2D eigenvalue weighted by Gasteiger charge is 2.41. The molecule has 0 aromatic heterocycles. The Morgan fingerprint density at radius 2 is 1.11 bits per heavy atom. The average molecular weight is 639 g/mol. The summed E-state index contributed by atoms with van der Waals surface area (Å²) in [6.45, 7) is 4.12. The molecule has 0 saturated carbocycles. The summed E-state index contributed by atoms with van der Waals surface area (Å²) in [6, 6.07) is 0. The molecule has 0 aliphatic carbocycles. The highest BCUT2D eigenvalue weighted by molar-refractivity contribution is 5.90. The molecule has 3 aliphatic rings. The van der Waals surface area contributed by atoms with Gasteiger partial charge in [0.1, 0.15) is 6.10 Å². The number of carbonyl (C=O) groups excluding carboxylic acids is 1. The van der Waals surface area contributed by atoms with E-state index in [0.717, 1.165) is 102 Å². The van der Waals surface area contributed by atoms with E-state index >= 15 is 0 Å². The fourth-order valence-corrected chi connectivity index (χ4v) is 7.32. The lowest BCUT2D eigenvalue weighted by Crippen LogP contribution is -2.35. The molecule has 3 heterocycles. The lowest BCUT2D eigenvalue weighted by molar-refractivity contribution is -0.139. The van der Waals surface area contributed by atoms with Crippen molar-refractivity contribution < 1.29 is 39.4 Å². The van der Waals surface area contributed by atoms with Gasteiger partial charge in [-0.3, -0.25) is 0 Å². The predicted octanol–water partition coefficient (Wildman–Crippen LogP) is 6.83. The second kappa shape index (κ2) is 21.8. The summed E-state index contributed by atoms with van der Waals surface area (Å²) in [5.41, 5.74) is 0.828. The number of unbranched alkanes of at least 4 members (excludes halogenated alkanes) is 12. The average Bonchev–Trinajstić information content (AvgIpc) is 3.76. The second-order valence-electron chi connectivity index (χ2n) is 14.2. The fraction of sp³-hybridized carbons (Fsp3) is 0.919. The minimum atomic E-state index is -0.690. The van der Waals surface area contributed by atoms with E-state index in [0.29, 0.717) is 19.3 Å². The number of hydrogen-bond donors (Lipinski definition) is 4. The van der Waals surface area contributed by atoms with Gasteiger partial charge in [-0.15, -0.1) is 0 Å². The third kappa shape index (κ3) is 14.7. The quantitative estimate of drug-likeness (QED) is 0.0634. The number of aliphatic hydroxyl groups excluding tert-OH is 4. The van der Waals surface area contributed by atoms with Gasteiger partial charge in [-0.1, -0.05) is 90.4 Å². The normalized spacial score (nSPS) is 27.8. The predicted molar refractivity (Wildman–Crippen MR) is 177 cm³/mol. The van der Waals surface area contributed by atoms with Crippen LogP contribution in [0.25, 0.3) is 0 Å². The van der Waals surface area contributed by atoms with Gasteiger partial charge < -0.3 is 34.6 Å². The Bertz CT molecular complexity index is 833. The standard InChI is InChI=1S/C37H66O8/c1-3-4-5-6-8-12-15-18-29(38)25-31(40)33-20-22-35(44-33)36-23-21-34(45-36)32(41)26-30(39)19-16-13-10-7-9-11-14-17-28-24-27(2)43-37(28)42/h24,27,29-36,38-41H,3-23,25-26H2,1-2H3/t27-,29?,30?,31-,32+,33+,34+,35+,36+/m0/s1. The molecular formula is C37H66O8. The van der Waals surface area contributed by atoms with Crippen LogP contribution in [0.3, 0.4) is 0 Å². The topological polar surface area (TPSA) is 126 Å². The molecule has 3 rings (SSSR count). The first kappa shape index (κ1) is 38.4. The zero-order valence-electron chi connectivity index (χ0n) is 28.5. The van der Waals surface area contributed by atoms with Crippen LogP contribution in [-0.4, -0.2) is 81.3 Å². The van der Waals surface area contributed by atoms with Crippen molar-refractivity contribution in [2.24, 2.45) is 0 Å².